The molecule has 1 aromatic carbocycles. The lowest BCUT2D eigenvalue weighted by Crippen LogP contribution is -2.39. The summed E-state index contributed by atoms with van der Waals surface area (Å²) in [6, 6.07) is 4.69. The second-order valence-electron chi connectivity index (χ2n) is 6.94. The highest BCUT2D eigenvalue weighted by atomic mass is 35.5. The zero-order valence-electron chi connectivity index (χ0n) is 15.7. The second-order valence-corrected chi connectivity index (χ2v) is 6.94. The summed E-state index contributed by atoms with van der Waals surface area (Å²) in [7, 11) is 1.53. The summed E-state index contributed by atoms with van der Waals surface area (Å²) in [5.41, 5.74) is 5.81. The van der Waals surface area contributed by atoms with E-state index in [9.17, 15) is 18.0 Å². The number of rotatable bonds is 7. The molecule has 0 aromatic heterocycles. The molecule has 3 atom stereocenters. The first-order valence-corrected chi connectivity index (χ1v) is 8.95. The van der Waals surface area contributed by atoms with E-state index in [-0.39, 0.29) is 30.3 Å². The fourth-order valence-electron chi connectivity index (χ4n) is 3.54. The molecule has 1 amide bonds. The van der Waals surface area contributed by atoms with Gasteiger partial charge < -0.3 is 15.4 Å². The van der Waals surface area contributed by atoms with Gasteiger partial charge in [-0.25, -0.2) is 0 Å². The molecule has 0 saturated heterocycles. The number of nitrogens with two attached hydrogens (primary N) is 1. The van der Waals surface area contributed by atoms with Crippen molar-refractivity contribution in [2.45, 2.75) is 50.9 Å². The van der Waals surface area contributed by atoms with Gasteiger partial charge in [0.05, 0.1) is 18.2 Å². The number of carbonyl (C=O) groups excluding carboxylic acids is 1. The molecule has 154 valence electrons. The number of benzene rings is 1. The fourth-order valence-corrected chi connectivity index (χ4v) is 3.54. The standard InChI is InChI=1S/C19H27F3N2O2.ClH/c1-13(14-5-3-7-16(11-14)19(20,21)22)24(9-10-26-2)18(25)12-15-6-4-8-17(15)23;/h3,5,7,11,13,15,17H,4,6,8-10,12,23H2,1-2H3;1H/t13?,15-,17+;/m0./s1. The normalized spacial score (nSPS) is 20.8. The SMILES string of the molecule is COCCN(C(=O)C[C@@H]1CCC[C@H]1N)C(C)c1cccc(C(F)(F)F)c1.Cl. The van der Waals surface area contributed by atoms with Gasteiger partial charge in [-0.2, -0.15) is 13.2 Å². The van der Waals surface area contributed by atoms with Crippen LogP contribution in [0, 0.1) is 5.92 Å². The minimum absolute atomic E-state index is 0. The van der Waals surface area contributed by atoms with Crippen LogP contribution in [0.2, 0.25) is 0 Å². The molecule has 1 saturated carbocycles. The Kier molecular flexibility index (Phi) is 9.05. The Balaban J connectivity index is 0.00000364. The van der Waals surface area contributed by atoms with Crippen molar-refractivity contribution < 1.29 is 22.7 Å². The van der Waals surface area contributed by atoms with Crippen LogP contribution < -0.4 is 5.73 Å². The van der Waals surface area contributed by atoms with Crippen LogP contribution in [0.4, 0.5) is 13.2 Å². The predicted octanol–water partition coefficient (Wildman–Crippen LogP) is 4.18. The van der Waals surface area contributed by atoms with E-state index in [1.165, 1.54) is 13.2 Å². The van der Waals surface area contributed by atoms with E-state index in [0.29, 0.717) is 25.1 Å². The molecule has 2 rings (SSSR count). The summed E-state index contributed by atoms with van der Waals surface area (Å²) in [5.74, 6) is 0.0515. The Labute approximate surface area is 164 Å². The third-order valence-electron chi connectivity index (χ3n) is 5.18. The van der Waals surface area contributed by atoms with Gasteiger partial charge in [-0.15, -0.1) is 12.4 Å². The van der Waals surface area contributed by atoms with Crippen LogP contribution in [0.5, 0.6) is 0 Å². The maximum absolute atomic E-state index is 13.0. The predicted molar refractivity (Wildman–Crippen MR) is 101 cm³/mol. The van der Waals surface area contributed by atoms with Crippen molar-refractivity contribution in [2.24, 2.45) is 11.7 Å². The van der Waals surface area contributed by atoms with Crippen LogP contribution in [-0.4, -0.2) is 37.1 Å². The van der Waals surface area contributed by atoms with Crippen LogP contribution >= 0.6 is 12.4 Å². The van der Waals surface area contributed by atoms with E-state index < -0.39 is 17.8 Å². The Hall–Kier alpha value is -1.31. The van der Waals surface area contributed by atoms with Gasteiger partial charge in [0.1, 0.15) is 0 Å². The lowest BCUT2D eigenvalue weighted by Gasteiger charge is -2.31. The zero-order valence-corrected chi connectivity index (χ0v) is 16.5. The molecule has 0 spiro atoms. The van der Waals surface area contributed by atoms with Crippen LogP contribution in [0.3, 0.4) is 0 Å². The zero-order chi connectivity index (χ0) is 19.3. The molecule has 0 aliphatic heterocycles. The highest BCUT2D eigenvalue weighted by Gasteiger charge is 2.33. The molecule has 2 N–H and O–H groups in total. The average Bonchev–Trinajstić information content (AvgIpc) is 2.99. The largest absolute Gasteiger partial charge is 0.416 e. The van der Waals surface area contributed by atoms with Crippen molar-refractivity contribution >= 4 is 18.3 Å². The van der Waals surface area contributed by atoms with Gasteiger partial charge in [0.25, 0.3) is 0 Å². The Morgan fingerprint density at radius 2 is 2.07 bits per heavy atom. The molecule has 1 aliphatic carbocycles. The molecule has 27 heavy (non-hydrogen) atoms. The van der Waals surface area contributed by atoms with Crippen LogP contribution in [0.25, 0.3) is 0 Å². The Morgan fingerprint density at radius 1 is 1.37 bits per heavy atom. The number of hydrogen-bond acceptors (Lipinski definition) is 3. The smallest absolute Gasteiger partial charge is 0.383 e. The van der Waals surface area contributed by atoms with Gasteiger partial charge in [0.2, 0.25) is 5.91 Å². The first-order chi connectivity index (χ1) is 12.2. The van der Waals surface area contributed by atoms with Crippen molar-refractivity contribution in [1.29, 1.82) is 0 Å². The molecule has 0 radical (unpaired) electrons. The minimum atomic E-state index is -4.41. The van der Waals surface area contributed by atoms with Gasteiger partial charge in [0.15, 0.2) is 0 Å². The second kappa shape index (κ2) is 10.3. The quantitative estimate of drug-likeness (QED) is 0.736. The Morgan fingerprint density at radius 3 is 2.63 bits per heavy atom. The highest BCUT2D eigenvalue weighted by Crippen LogP contribution is 2.33. The van der Waals surface area contributed by atoms with Crippen molar-refractivity contribution in [1.82, 2.24) is 4.90 Å². The molecule has 1 aliphatic rings. The molecule has 8 heteroatoms. The molecule has 1 fully saturated rings. The average molecular weight is 409 g/mol. The molecular weight excluding hydrogens is 381 g/mol. The monoisotopic (exact) mass is 408 g/mol. The highest BCUT2D eigenvalue weighted by molar-refractivity contribution is 5.85. The van der Waals surface area contributed by atoms with E-state index in [0.717, 1.165) is 31.4 Å². The van der Waals surface area contributed by atoms with E-state index in [2.05, 4.69) is 0 Å². The van der Waals surface area contributed by atoms with Gasteiger partial charge in [-0.3, -0.25) is 4.79 Å². The summed E-state index contributed by atoms with van der Waals surface area (Å²) >= 11 is 0. The number of amides is 1. The van der Waals surface area contributed by atoms with E-state index in [4.69, 9.17) is 10.5 Å². The summed E-state index contributed by atoms with van der Waals surface area (Å²) in [5, 5.41) is 0. The van der Waals surface area contributed by atoms with Gasteiger partial charge in [0, 0.05) is 26.1 Å². The first-order valence-electron chi connectivity index (χ1n) is 8.95. The molecule has 0 heterocycles. The van der Waals surface area contributed by atoms with Crippen LogP contribution in [0.15, 0.2) is 24.3 Å². The lowest BCUT2D eigenvalue weighted by molar-refractivity contribution is -0.137. The number of alkyl halides is 3. The molecule has 0 bridgehead atoms. The lowest BCUT2D eigenvalue weighted by atomic mass is 9.98. The van der Waals surface area contributed by atoms with E-state index in [1.807, 2.05) is 0 Å². The Bertz CT molecular complexity index is 613. The molecule has 1 aromatic rings. The molecule has 1 unspecified atom stereocenters. The number of carbonyl (C=O) groups is 1. The maximum atomic E-state index is 13.0. The van der Waals surface area contributed by atoms with Gasteiger partial charge in [-0.05, 0) is 43.4 Å². The summed E-state index contributed by atoms with van der Waals surface area (Å²) in [6.07, 6.45) is -1.23. The van der Waals surface area contributed by atoms with E-state index in [1.54, 1.807) is 17.9 Å². The maximum Gasteiger partial charge on any atom is 0.416 e. The van der Waals surface area contributed by atoms with Crippen molar-refractivity contribution in [3.05, 3.63) is 35.4 Å². The number of nitrogens with zero attached hydrogens (tertiary/aromatic N) is 1. The van der Waals surface area contributed by atoms with Crippen LogP contribution in [-0.2, 0) is 15.7 Å². The van der Waals surface area contributed by atoms with Crippen molar-refractivity contribution in [3.8, 4) is 0 Å². The number of methoxy groups -OCH3 is 1. The van der Waals surface area contributed by atoms with Gasteiger partial charge in [-0.1, -0.05) is 18.6 Å². The number of ether oxygens (including phenoxy) is 1. The number of halogens is 4. The van der Waals surface area contributed by atoms with Crippen LogP contribution in [0.1, 0.15) is 49.8 Å². The topological polar surface area (TPSA) is 55.6 Å². The van der Waals surface area contributed by atoms with Crippen molar-refractivity contribution in [3.63, 3.8) is 0 Å². The summed E-state index contributed by atoms with van der Waals surface area (Å²) in [6.45, 7) is 2.40. The summed E-state index contributed by atoms with van der Waals surface area (Å²) < 4.78 is 44.1. The summed E-state index contributed by atoms with van der Waals surface area (Å²) in [4.78, 5) is 14.4. The molecule has 4 nitrogen and oxygen atoms in total. The van der Waals surface area contributed by atoms with E-state index >= 15 is 0 Å². The third kappa shape index (κ3) is 6.36. The first kappa shape index (κ1) is 23.7. The third-order valence-corrected chi connectivity index (χ3v) is 5.18. The van der Waals surface area contributed by atoms with Gasteiger partial charge >= 0.3 is 6.18 Å². The fraction of sp³-hybridized carbons (Fsp3) is 0.632. The van der Waals surface area contributed by atoms with Crippen molar-refractivity contribution in [2.75, 3.05) is 20.3 Å². The minimum Gasteiger partial charge on any atom is -0.383 e. The molecular formula is C19H28ClF3N2O2. The number of hydrogen-bond donors (Lipinski definition) is 1.